The van der Waals surface area contributed by atoms with Crippen LogP contribution in [0.4, 0.5) is 0 Å². The third kappa shape index (κ3) is 4.98. The number of ether oxygens (including phenoxy) is 2. The number of aliphatic hydroxyl groups is 2. The van der Waals surface area contributed by atoms with Crippen molar-refractivity contribution in [3.63, 3.8) is 0 Å². The van der Waals surface area contributed by atoms with Gasteiger partial charge in [0.05, 0.1) is 18.3 Å². The molecule has 7 heteroatoms. The molecule has 0 saturated heterocycles. The second kappa shape index (κ2) is 9.10. The van der Waals surface area contributed by atoms with E-state index in [4.69, 9.17) is 19.0 Å². The molecule has 1 aromatic heterocycles. The molecular weight excluding hydrogens is 328 g/mol. The van der Waals surface area contributed by atoms with Crippen molar-refractivity contribution in [2.24, 2.45) is 0 Å². The van der Waals surface area contributed by atoms with Gasteiger partial charge >= 0.3 is 5.63 Å². The molecule has 1 unspecified atom stereocenters. The van der Waals surface area contributed by atoms with E-state index >= 15 is 0 Å². The first-order valence-electron chi connectivity index (χ1n) is 8.10. The van der Waals surface area contributed by atoms with E-state index in [1.54, 1.807) is 6.08 Å². The zero-order valence-corrected chi connectivity index (χ0v) is 14.0. The van der Waals surface area contributed by atoms with Gasteiger partial charge in [-0.05, 0) is 37.1 Å². The van der Waals surface area contributed by atoms with Crippen molar-refractivity contribution in [2.45, 2.75) is 32.3 Å². The standard InChI is InChI=1S/C18H22O7/c1-2-3-4-5-8-23-17-16(21)14-9-13(24-11-12(20)10-19)6-7-15(14)25-18(17)22/h5-9,12,19-21H,2-4,10-11H2,1H3. The third-order valence-corrected chi connectivity index (χ3v) is 3.47. The number of rotatable bonds is 9. The van der Waals surface area contributed by atoms with Crippen molar-refractivity contribution in [2.75, 3.05) is 13.2 Å². The molecule has 136 valence electrons. The number of hydrogen-bond acceptors (Lipinski definition) is 7. The van der Waals surface area contributed by atoms with Gasteiger partial charge in [-0.25, -0.2) is 4.79 Å². The zero-order chi connectivity index (χ0) is 18.2. The monoisotopic (exact) mass is 350 g/mol. The number of benzene rings is 1. The average Bonchev–Trinajstić information content (AvgIpc) is 2.62. The van der Waals surface area contributed by atoms with E-state index in [0.717, 1.165) is 19.3 Å². The maximum atomic E-state index is 11.9. The summed E-state index contributed by atoms with van der Waals surface area (Å²) < 4.78 is 15.7. The highest BCUT2D eigenvalue weighted by Crippen LogP contribution is 2.33. The van der Waals surface area contributed by atoms with Gasteiger partial charge in [-0.3, -0.25) is 0 Å². The van der Waals surface area contributed by atoms with E-state index in [0.29, 0.717) is 5.75 Å². The number of aromatic hydroxyl groups is 1. The number of allylic oxidation sites excluding steroid dienone is 1. The minimum absolute atomic E-state index is 0.108. The van der Waals surface area contributed by atoms with E-state index in [1.807, 2.05) is 0 Å². The van der Waals surface area contributed by atoms with Crippen LogP contribution < -0.4 is 15.1 Å². The minimum atomic E-state index is -1.01. The van der Waals surface area contributed by atoms with Gasteiger partial charge in [0.1, 0.15) is 24.0 Å². The summed E-state index contributed by atoms with van der Waals surface area (Å²) in [7, 11) is 0. The van der Waals surface area contributed by atoms with Gasteiger partial charge < -0.3 is 29.2 Å². The van der Waals surface area contributed by atoms with Crippen LogP contribution in [0.5, 0.6) is 17.2 Å². The lowest BCUT2D eigenvalue weighted by atomic mass is 10.2. The predicted octanol–water partition coefficient (Wildman–Crippen LogP) is 2.31. The van der Waals surface area contributed by atoms with Gasteiger partial charge in [0, 0.05) is 0 Å². The Hall–Kier alpha value is -2.51. The first-order chi connectivity index (χ1) is 12.1. The van der Waals surface area contributed by atoms with Crippen LogP contribution >= 0.6 is 0 Å². The van der Waals surface area contributed by atoms with Crippen LogP contribution in [0.3, 0.4) is 0 Å². The first-order valence-corrected chi connectivity index (χ1v) is 8.10. The Kier molecular flexibility index (Phi) is 6.85. The highest BCUT2D eigenvalue weighted by molar-refractivity contribution is 5.86. The summed E-state index contributed by atoms with van der Waals surface area (Å²) in [5, 5.41) is 28.7. The smallest absolute Gasteiger partial charge is 0.383 e. The van der Waals surface area contributed by atoms with Crippen molar-refractivity contribution in [1.82, 2.24) is 0 Å². The van der Waals surface area contributed by atoms with Crippen LogP contribution in [0.15, 0.2) is 39.7 Å². The predicted molar refractivity (Wildman–Crippen MR) is 92.0 cm³/mol. The topological polar surface area (TPSA) is 109 Å². The molecule has 0 radical (unpaired) electrons. The minimum Gasteiger partial charge on any atom is -0.504 e. The molecule has 2 rings (SSSR count). The molecule has 25 heavy (non-hydrogen) atoms. The Bertz CT molecular complexity index is 779. The molecule has 0 fully saturated rings. The highest BCUT2D eigenvalue weighted by atomic mass is 16.5. The number of unbranched alkanes of at least 4 members (excludes halogenated alkanes) is 2. The van der Waals surface area contributed by atoms with Crippen molar-refractivity contribution in [1.29, 1.82) is 0 Å². The summed E-state index contributed by atoms with van der Waals surface area (Å²) in [4.78, 5) is 11.9. The summed E-state index contributed by atoms with van der Waals surface area (Å²) in [5.74, 6) is -0.305. The molecule has 3 N–H and O–H groups in total. The summed E-state index contributed by atoms with van der Waals surface area (Å²) >= 11 is 0. The maximum absolute atomic E-state index is 11.9. The van der Waals surface area contributed by atoms with Crippen molar-refractivity contribution < 1.29 is 29.2 Å². The Balaban J connectivity index is 2.25. The number of hydrogen-bond donors (Lipinski definition) is 3. The first kappa shape index (κ1) is 18.8. The lowest BCUT2D eigenvalue weighted by Gasteiger charge is -2.11. The van der Waals surface area contributed by atoms with E-state index in [1.165, 1.54) is 24.5 Å². The SMILES string of the molecule is CCCCC=COc1c(O)c2cc(OCC(O)CO)ccc2oc1=O. The largest absolute Gasteiger partial charge is 0.504 e. The molecule has 1 aromatic carbocycles. The molecule has 2 aromatic rings. The van der Waals surface area contributed by atoms with Gasteiger partial charge in [-0.15, -0.1) is 0 Å². The fourth-order valence-corrected chi connectivity index (χ4v) is 2.09. The average molecular weight is 350 g/mol. The quantitative estimate of drug-likeness (QED) is 0.362. The van der Waals surface area contributed by atoms with Crippen LogP contribution in [0, 0.1) is 0 Å². The molecule has 1 heterocycles. The molecule has 0 aliphatic heterocycles. The lowest BCUT2D eigenvalue weighted by Crippen LogP contribution is -2.21. The maximum Gasteiger partial charge on any atom is 0.383 e. The van der Waals surface area contributed by atoms with Gasteiger partial charge in [0.15, 0.2) is 5.75 Å². The molecule has 0 aliphatic carbocycles. The van der Waals surface area contributed by atoms with Gasteiger partial charge in [-0.2, -0.15) is 0 Å². The fourth-order valence-electron chi connectivity index (χ4n) is 2.09. The van der Waals surface area contributed by atoms with Crippen LogP contribution in [-0.4, -0.2) is 34.6 Å². The van der Waals surface area contributed by atoms with E-state index < -0.39 is 18.3 Å². The number of aliphatic hydroxyl groups excluding tert-OH is 2. The third-order valence-electron chi connectivity index (χ3n) is 3.47. The number of fused-ring (bicyclic) bond motifs is 1. The fraction of sp³-hybridized carbons (Fsp3) is 0.389. The van der Waals surface area contributed by atoms with Gasteiger partial charge in [0.25, 0.3) is 5.75 Å². The molecule has 0 saturated carbocycles. The second-order valence-electron chi connectivity index (χ2n) is 5.50. The molecule has 0 aliphatic rings. The zero-order valence-electron chi connectivity index (χ0n) is 14.0. The molecule has 0 spiro atoms. The Morgan fingerprint density at radius 1 is 1.36 bits per heavy atom. The van der Waals surface area contributed by atoms with Crippen LogP contribution in [0.25, 0.3) is 11.0 Å². The lowest BCUT2D eigenvalue weighted by molar-refractivity contribution is 0.0536. The second-order valence-corrected chi connectivity index (χ2v) is 5.50. The van der Waals surface area contributed by atoms with Gasteiger partial charge in [0.2, 0.25) is 0 Å². The highest BCUT2D eigenvalue weighted by Gasteiger charge is 2.16. The molecule has 7 nitrogen and oxygen atoms in total. The van der Waals surface area contributed by atoms with E-state index in [-0.39, 0.29) is 29.1 Å². The molecule has 0 bridgehead atoms. The van der Waals surface area contributed by atoms with Crippen molar-refractivity contribution in [3.05, 3.63) is 41.0 Å². The molecule has 0 amide bonds. The Morgan fingerprint density at radius 2 is 2.16 bits per heavy atom. The summed E-state index contributed by atoms with van der Waals surface area (Å²) in [6.45, 7) is 1.54. The van der Waals surface area contributed by atoms with Crippen molar-refractivity contribution >= 4 is 11.0 Å². The van der Waals surface area contributed by atoms with E-state index in [9.17, 15) is 15.0 Å². The van der Waals surface area contributed by atoms with E-state index in [2.05, 4.69) is 6.92 Å². The Morgan fingerprint density at radius 3 is 2.88 bits per heavy atom. The van der Waals surface area contributed by atoms with Crippen molar-refractivity contribution in [3.8, 4) is 17.2 Å². The van der Waals surface area contributed by atoms with Crippen LogP contribution in [0.2, 0.25) is 0 Å². The summed E-state index contributed by atoms with van der Waals surface area (Å²) in [6, 6.07) is 4.46. The normalized spacial score (nSPS) is 12.6. The Labute approximate surface area is 144 Å². The van der Waals surface area contributed by atoms with Gasteiger partial charge in [-0.1, -0.05) is 13.3 Å². The molecule has 1 atom stereocenters. The summed E-state index contributed by atoms with van der Waals surface area (Å²) in [5.41, 5.74) is -0.602. The van der Waals surface area contributed by atoms with Crippen LogP contribution in [-0.2, 0) is 0 Å². The molecular formula is C18H22O7. The summed E-state index contributed by atoms with van der Waals surface area (Å²) in [6.07, 6.45) is 4.96. The van der Waals surface area contributed by atoms with Crippen LogP contribution in [0.1, 0.15) is 26.2 Å².